The van der Waals surface area contributed by atoms with Crippen LogP contribution in [0.5, 0.6) is 5.75 Å². The van der Waals surface area contributed by atoms with Gasteiger partial charge in [-0.15, -0.1) is 11.3 Å². The largest absolute Gasteiger partial charge is 0.506 e. The number of halogens is 1. The molecular weight excluding hydrogens is 410 g/mol. The molecule has 4 rings (SSSR count). The average molecular weight is 426 g/mol. The van der Waals surface area contributed by atoms with Crippen LogP contribution in [-0.4, -0.2) is 25.0 Å². The van der Waals surface area contributed by atoms with Crippen molar-refractivity contribution in [3.63, 3.8) is 0 Å². The molecule has 0 aliphatic carbocycles. The van der Waals surface area contributed by atoms with Crippen molar-refractivity contribution in [2.75, 3.05) is 0 Å². The highest BCUT2D eigenvalue weighted by Gasteiger charge is 2.10. The summed E-state index contributed by atoms with van der Waals surface area (Å²) in [5.74, 6) is 0.0738. The number of carbonyl (C=O) groups excluding carboxylic acids is 1. The Bertz CT molecular complexity index is 1220. The maximum atomic E-state index is 12.2. The van der Waals surface area contributed by atoms with Crippen molar-refractivity contribution in [2.24, 2.45) is 0 Å². The second kappa shape index (κ2) is 8.06. The zero-order chi connectivity index (χ0) is 20.4. The molecule has 0 fully saturated rings. The summed E-state index contributed by atoms with van der Waals surface area (Å²) in [6, 6.07) is 13.4. The summed E-state index contributed by atoms with van der Waals surface area (Å²) >= 11 is 7.16. The maximum absolute atomic E-state index is 12.2. The van der Waals surface area contributed by atoms with Crippen LogP contribution in [-0.2, 0) is 6.42 Å². The number of Topliss-reactive ketones (excluding diaryl/α,β-unsaturated/α-hetero) is 1. The number of ketones is 1. The molecule has 3 heterocycles. The van der Waals surface area contributed by atoms with E-state index in [2.05, 4.69) is 4.98 Å². The number of thiophene rings is 1. The number of aryl methyl sites for hydroxylation is 1. The summed E-state index contributed by atoms with van der Waals surface area (Å²) in [6.45, 7) is 0. The third-order valence-electron chi connectivity index (χ3n) is 4.41. The SMILES string of the molecule is O=C(CCc1cn(-c2ccc(-n3cc(O)ccc3=O)cc2)cn1)c1ccc(Cl)s1. The number of pyridine rings is 1. The number of nitrogens with zero attached hydrogens (tertiary/aromatic N) is 3. The minimum atomic E-state index is -0.225. The van der Waals surface area contributed by atoms with E-state index in [4.69, 9.17) is 11.6 Å². The van der Waals surface area contributed by atoms with Crippen LogP contribution in [0.4, 0.5) is 0 Å². The zero-order valence-electron chi connectivity index (χ0n) is 15.2. The number of carbonyl (C=O) groups is 1. The van der Waals surface area contributed by atoms with Crippen LogP contribution in [0.2, 0.25) is 4.34 Å². The van der Waals surface area contributed by atoms with Crippen molar-refractivity contribution in [3.8, 4) is 17.1 Å². The topological polar surface area (TPSA) is 77.1 Å². The van der Waals surface area contributed by atoms with Gasteiger partial charge in [0.05, 0.1) is 27.4 Å². The lowest BCUT2D eigenvalue weighted by atomic mass is 10.1. The molecule has 0 saturated carbocycles. The van der Waals surface area contributed by atoms with Crippen molar-refractivity contribution >= 4 is 28.7 Å². The molecule has 0 radical (unpaired) electrons. The Labute approximate surface area is 175 Å². The molecule has 0 amide bonds. The third kappa shape index (κ3) is 4.31. The van der Waals surface area contributed by atoms with Gasteiger partial charge < -0.3 is 9.67 Å². The third-order valence-corrected chi connectivity index (χ3v) is 5.69. The first kappa shape index (κ1) is 19.2. The number of benzene rings is 1. The molecule has 146 valence electrons. The van der Waals surface area contributed by atoms with Crippen LogP contribution in [0.25, 0.3) is 11.4 Å². The number of aromatic nitrogens is 3. The van der Waals surface area contributed by atoms with Gasteiger partial charge in [-0.05, 0) is 48.9 Å². The molecule has 1 N–H and O–H groups in total. The predicted molar refractivity (Wildman–Crippen MR) is 113 cm³/mol. The van der Waals surface area contributed by atoms with Gasteiger partial charge in [0.25, 0.3) is 5.56 Å². The van der Waals surface area contributed by atoms with Gasteiger partial charge in [0.1, 0.15) is 5.75 Å². The Morgan fingerprint density at radius 2 is 1.79 bits per heavy atom. The second-order valence-electron chi connectivity index (χ2n) is 6.41. The summed E-state index contributed by atoms with van der Waals surface area (Å²) < 4.78 is 3.84. The van der Waals surface area contributed by atoms with Gasteiger partial charge in [-0.25, -0.2) is 4.98 Å². The van der Waals surface area contributed by atoms with Crippen molar-refractivity contribution < 1.29 is 9.90 Å². The Hall–Kier alpha value is -3.16. The standard InChI is InChI=1S/C21H16ClN3O3S/c22-20-9-8-19(29-20)18(27)7-1-14-11-24(13-23-14)15-2-4-16(5-3-15)25-12-17(26)6-10-21(25)28/h2-6,8-13,26H,1,7H2. The monoisotopic (exact) mass is 425 g/mol. The zero-order valence-corrected chi connectivity index (χ0v) is 16.7. The number of rotatable bonds is 6. The van der Waals surface area contributed by atoms with E-state index in [1.54, 1.807) is 30.6 Å². The van der Waals surface area contributed by atoms with Gasteiger partial charge in [0, 0.05) is 30.1 Å². The molecule has 0 unspecified atom stereocenters. The van der Waals surface area contributed by atoms with Crippen LogP contribution in [0.15, 0.2) is 72.0 Å². The summed E-state index contributed by atoms with van der Waals surface area (Å²) in [7, 11) is 0. The highest BCUT2D eigenvalue weighted by Crippen LogP contribution is 2.23. The van der Waals surface area contributed by atoms with Gasteiger partial charge in [-0.2, -0.15) is 0 Å². The van der Waals surface area contributed by atoms with E-state index in [0.29, 0.717) is 27.7 Å². The normalized spacial score (nSPS) is 10.9. The summed E-state index contributed by atoms with van der Waals surface area (Å²) in [5, 5.41) is 9.60. The minimum Gasteiger partial charge on any atom is -0.506 e. The Kier molecular flexibility index (Phi) is 5.33. The smallest absolute Gasteiger partial charge is 0.255 e. The molecule has 0 atom stereocenters. The van der Waals surface area contributed by atoms with Gasteiger partial charge in [0.15, 0.2) is 5.78 Å². The van der Waals surface area contributed by atoms with Crippen LogP contribution in [0.1, 0.15) is 21.8 Å². The number of imidazole rings is 1. The molecule has 0 aliphatic rings. The van der Waals surface area contributed by atoms with Gasteiger partial charge in [0.2, 0.25) is 0 Å². The van der Waals surface area contributed by atoms with Gasteiger partial charge in [-0.3, -0.25) is 14.2 Å². The predicted octanol–water partition coefficient (Wildman–Crippen LogP) is 4.26. The highest BCUT2D eigenvalue weighted by atomic mass is 35.5. The first-order valence-electron chi connectivity index (χ1n) is 8.83. The van der Waals surface area contributed by atoms with E-state index < -0.39 is 0 Å². The van der Waals surface area contributed by atoms with Crippen LogP contribution >= 0.6 is 22.9 Å². The second-order valence-corrected chi connectivity index (χ2v) is 8.13. The number of hydrogen-bond acceptors (Lipinski definition) is 5. The molecule has 0 aliphatic heterocycles. The lowest BCUT2D eigenvalue weighted by Gasteiger charge is -2.07. The summed E-state index contributed by atoms with van der Waals surface area (Å²) in [4.78, 5) is 29.2. The molecule has 0 bridgehead atoms. The van der Waals surface area contributed by atoms with Crippen LogP contribution in [0.3, 0.4) is 0 Å². The molecule has 0 spiro atoms. The molecule has 29 heavy (non-hydrogen) atoms. The van der Waals surface area contributed by atoms with Crippen molar-refractivity contribution in [3.05, 3.63) is 92.5 Å². The van der Waals surface area contributed by atoms with Gasteiger partial charge in [-0.1, -0.05) is 11.6 Å². The van der Waals surface area contributed by atoms with E-state index >= 15 is 0 Å². The molecular formula is C21H16ClN3O3S. The van der Waals surface area contributed by atoms with E-state index in [1.807, 2.05) is 22.9 Å². The van der Waals surface area contributed by atoms with Crippen molar-refractivity contribution in [2.45, 2.75) is 12.8 Å². The molecule has 1 aromatic carbocycles. The lowest BCUT2D eigenvalue weighted by Crippen LogP contribution is -2.15. The van der Waals surface area contributed by atoms with Crippen LogP contribution < -0.4 is 5.56 Å². The molecule has 3 aromatic heterocycles. The van der Waals surface area contributed by atoms with E-state index in [1.165, 1.54) is 34.2 Å². The van der Waals surface area contributed by atoms with Gasteiger partial charge >= 0.3 is 0 Å². The fraction of sp³-hybridized carbons (Fsp3) is 0.0952. The first-order valence-corrected chi connectivity index (χ1v) is 10.0. The van der Waals surface area contributed by atoms with E-state index in [0.717, 1.165) is 11.4 Å². The fourth-order valence-electron chi connectivity index (χ4n) is 2.93. The number of aromatic hydroxyl groups is 1. The maximum Gasteiger partial charge on any atom is 0.255 e. The molecule has 4 aromatic rings. The van der Waals surface area contributed by atoms with Crippen LogP contribution in [0, 0.1) is 0 Å². The minimum absolute atomic E-state index is 0.0206. The molecule has 0 saturated heterocycles. The summed E-state index contributed by atoms with van der Waals surface area (Å²) in [5.41, 5.74) is 2.11. The van der Waals surface area contributed by atoms with Crippen molar-refractivity contribution in [1.82, 2.24) is 14.1 Å². The summed E-state index contributed by atoms with van der Waals surface area (Å²) in [6.07, 6.45) is 5.86. The fourth-order valence-corrected chi connectivity index (χ4v) is 3.94. The molecule has 6 nitrogen and oxygen atoms in total. The highest BCUT2D eigenvalue weighted by molar-refractivity contribution is 7.18. The lowest BCUT2D eigenvalue weighted by molar-refractivity contribution is 0.0986. The quantitative estimate of drug-likeness (QED) is 0.468. The Balaban J connectivity index is 1.46. The number of hydrogen-bond donors (Lipinski definition) is 1. The van der Waals surface area contributed by atoms with Crippen molar-refractivity contribution in [1.29, 1.82) is 0 Å². The Morgan fingerprint density at radius 3 is 2.52 bits per heavy atom. The first-order chi connectivity index (χ1) is 14.0. The van der Waals surface area contributed by atoms with E-state index in [9.17, 15) is 14.7 Å². The van der Waals surface area contributed by atoms with E-state index in [-0.39, 0.29) is 17.1 Å². The Morgan fingerprint density at radius 1 is 1.03 bits per heavy atom. The average Bonchev–Trinajstić information content (AvgIpc) is 3.37. The molecule has 8 heteroatoms.